The van der Waals surface area contributed by atoms with Crippen LogP contribution in [0.2, 0.25) is 0 Å². The molecule has 0 fully saturated rings. The first-order valence-corrected chi connectivity index (χ1v) is 4.41. The molecule has 16 heavy (non-hydrogen) atoms. The number of nitrogens with two attached hydrogens (primary N) is 2. The molecule has 0 radical (unpaired) electrons. The summed E-state index contributed by atoms with van der Waals surface area (Å²) in [7, 11) is 0. The van der Waals surface area contributed by atoms with Crippen molar-refractivity contribution in [1.29, 1.82) is 0 Å². The third-order valence-electron chi connectivity index (χ3n) is 2.06. The number of carbonyl (C=O) groups is 1. The molecular formula is C9H10FN3O3. The maximum absolute atomic E-state index is 13.2. The quantitative estimate of drug-likeness (QED) is 0.438. The lowest BCUT2D eigenvalue weighted by Crippen LogP contribution is -2.15. The number of nitro groups is 1. The lowest BCUT2D eigenvalue weighted by molar-refractivity contribution is -0.479. The highest BCUT2D eigenvalue weighted by Gasteiger charge is 2.13. The lowest BCUT2D eigenvalue weighted by atomic mass is 10.0. The van der Waals surface area contributed by atoms with E-state index in [2.05, 4.69) is 0 Å². The molecule has 0 spiro atoms. The van der Waals surface area contributed by atoms with E-state index in [1.54, 1.807) is 0 Å². The van der Waals surface area contributed by atoms with Crippen LogP contribution in [0.4, 0.5) is 10.1 Å². The van der Waals surface area contributed by atoms with E-state index in [4.69, 9.17) is 11.5 Å². The van der Waals surface area contributed by atoms with Crippen molar-refractivity contribution in [3.63, 3.8) is 0 Å². The van der Waals surface area contributed by atoms with Crippen molar-refractivity contribution in [2.75, 3.05) is 12.3 Å². The van der Waals surface area contributed by atoms with Crippen molar-refractivity contribution in [2.45, 2.75) is 6.42 Å². The Bertz CT molecular complexity index is 448. The van der Waals surface area contributed by atoms with Crippen LogP contribution in [0, 0.1) is 15.9 Å². The summed E-state index contributed by atoms with van der Waals surface area (Å²) in [4.78, 5) is 20.5. The molecule has 1 rings (SSSR count). The molecule has 86 valence electrons. The van der Waals surface area contributed by atoms with Crippen LogP contribution < -0.4 is 11.5 Å². The van der Waals surface area contributed by atoms with Gasteiger partial charge in [0.15, 0.2) is 0 Å². The Hall–Kier alpha value is -2.18. The summed E-state index contributed by atoms with van der Waals surface area (Å²) in [5.41, 5.74) is 10.5. The Morgan fingerprint density at radius 2 is 2.12 bits per heavy atom. The van der Waals surface area contributed by atoms with Gasteiger partial charge in [-0.2, -0.15) is 0 Å². The summed E-state index contributed by atoms with van der Waals surface area (Å²) in [5.74, 6) is -1.75. The molecule has 0 saturated heterocycles. The Labute approximate surface area is 90.2 Å². The van der Waals surface area contributed by atoms with Crippen molar-refractivity contribution in [3.05, 3.63) is 39.2 Å². The average Bonchev–Trinajstić information content (AvgIpc) is 2.15. The molecule has 0 saturated carbocycles. The molecule has 0 aliphatic rings. The van der Waals surface area contributed by atoms with Gasteiger partial charge < -0.3 is 11.5 Å². The van der Waals surface area contributed by atoms with Crippen LogP contribution in [0.5, 0.6) is 0 Å². The summed E-state index contributed by atoms with van der Waals surface area (Å²) in [6.45, 7) is -0.339. The van der Waals surface area contributed by atoms with Gasteiger partial charge in [-0.15, -0.1) is 0 Å². The number of hydrogen-bond donors (Lipinski definition) is 2. The fraction of sp³-hybridized carbons (Fsp3) is 0.222. The number of primary amides is 1. The maximum atomic E-state index is 13.2. The Morgan fingerprint density at radius 3 is 2.62 bits per heavy atom. The number of carbonyl (C=O) groups excluding carboxylic acids is 1. The molecule has 1 aromatic rings. The van der Waals surface area contributed by atoms with E-state index in [9.17, 15) is 19.3 Å². The second-order valence-electron chi connectivity index (χ2n) is 3.20. The number of nitrogen functional groups attached to an aromatic ring is 1. The second kappa shape index (κ2) is 4.56. The predicted molar refractivity (Wildman–Crippen MR) is 54.9 cm³/mol. The standard InChI is InChI=1S/C9H10FN3O3/c10-7-4-8(11)5(1-2-13(15)16)3-6(7)9(12)14/h3-4H,1-2,11H2,(H2,12,14). The van der Waals surface area contributed by atoms with Gasteiger partial charge in [0.05, 0.1) is 5.56 Å². The second-order valence-corrected chi connectivity index (χ2v) is 3.20. The molecule has 0 unspecified atom stereocenters. The van der Waals surface area contributed by atoms with Gasteiger partial charge in [-0.05, 0) is 17.7 Å². The van der Waals surface area contributed by atoms with Crippen LogP contribution >= 0.6 is 0 Å². The molecule has 6 nitrogen and oxygen atoms in total. The summed E-state index contributed by atoms with van der Waals surface area (Å²) in [6.07, 6.45) is 0.0272. The Balaban J connectivity index is 3.05. The van der Waals surface area contributed by atoms with E-state index < -0.39 is 16.6 Å². The van der Waals surface area contributed by atoms with Crippen molar-refractivity contribution in [2.24, 2.45) is 5.73 Å². The maximum Gasteiger partial charge on any atom is 0.251 e. The van der Waals surface area contributed by atoms with Crippen LogP contribution in [-0.4, -0.2) is 17.4 Å². The number of benzene rings is 1. The minimum atomic E-state index is -0.931. The summed E-state index contributed by atoms with van der Waals surface area (Å²) in [5, 5.41) is 10.2. The largest absolute Gasteiger partial charge is 0.398 e. The van der Waals surface area contributed by atoms with Crippen molar-refractivity contribution in [3.8, 4) is 0 Å². The first kappa shape index (κ1) is 11.9. The van der Waals surface area contributed by atoms with Crippen LogP contribution in [0.15, 0.2) is 12.1 Å². The van der Waals surface area contributed by atoms with E-state index in [0.717, 1.165) is 12.1 Å². The molecule has 1 amide bonds. The highest BCUT2D eigenvalue weighted by molar-refractivity contribution is 5.93. The van der Waals surface area contributed by atoms with Crippen LogP contribution in [0.3, 0.4) is 0 Å². The highest BCUT2D eigenvalue weighted by atomic mass is 19.1. The summed E-state index contributed by atoms with van der Waals surface area (Å²) in [6, 6.07) is 2.09. The third kappa shape index (κ3) is 2.66. The molecule has 0 bridgehead atoms. The van der Waals surface area contributed by atoms with Crippen LogP contribution in [0.25, 0.3) is 0 Å². The molecule has 0 aliphatic carbocycles. The smallest absolute Gasteiger partial charge is 0.251 e. The Morgan fingerprint density at radius 1 is 1.50 bits per heavy atom. The number of halogens is 1. The van der Waals surface area contributed by atoms with Crippen molar-refractivity contribution >= 4 is 11.6 Å². The molecule has 0 atom stereocenters. The van der Waals surface area contributed by atoms with Gasteiger partial charge >= 0.3 is 0 Å². The minimum absolute atomic E-state index is 0.0272. The van der Waals surface area contributed by atoms with E-state index in [1.807, 2.05) is 0 Å². The Kier molecular flexibility index (Phi) is 3.39. The monoisotopic (exact) mass is 227 g/mol. The molecular weight excluding hydrogens is 217 g/mol. The van der Waals surface area contributed by atoms with Gasteiger partial charge in [0.25, 0.3) is 5.91 Å². The van der Waals surface area contributed by atoms with Gasteiger partial charge in [-0.1, -0.05) is 0 Å². The first-order chi connectivity index (χ1) is 7.41. The lowest BCUT2D eigenvalue weighted by Gasteiger charge is -2.06. The zero-order chi connectivity index (χ0) is 12.3. The predicted octanol–water partition coefficient (Wildman–Crippen LogP) is 0.326. The summed E-state index contributed by atoms with van der Waals surface area (Å²) < 4.78 is 13.2. The van der Waals surface area contributed by atoms with Gasteiger partial charge in [0, 0.05) is 17.0 Å². The van der Waals surface area contributed by atoms with Crippen molar-refractivity contribution in [1.82, 2.24) is 0 Å². The van der Waals surface area contributed by atoms with E-state index in [-0.39, 0.29) is 24.2 Å². The topological polar surface area (TPSA) is 112 Å². The number of rotatable bonds is 4. The van der Waals surface area contributed by atoms with Gasteiger partial charge in [0.1, 0.15) is 5.82 Å². The average molecular weight is 227 g/mol. The molecule has 4 N–H and O–H groups in total. The molecule has 0 heterocycles. The SMILES string of the molecule is NC(=O)c1cc(CC[N+](=O)[O-])c(N)cc1F. The minimum Gasteiger partial charge on any atom is -0.398 e. The fourth-order valence-electron chi connectivity index (χ4n) is 1.25. The highest BCUT2D eigenvalue weighted by Crippen LogP contribution is 2.18. The summed E-state index contributed by atoms with van der Waals surface area (Å²) >= 11 is 0. The molecule has 0 aliphatic heterocycles. The van der Waals surface area contributed by atoms with Gasteiger partial charge in [0.2, 0.25) is 6.54 Å². The third-order valence-corrected chi connectivity index (χ3v) is 2.06. The number of anilines is 1. The van der Waals surface area contributed by atoms with Crippen LogP contribution in [0.1, 0.15) is 15.9 Å². The van der Waals surface area contributed by atoms with Gasteiger partial charge in [-0.3, -0.25) is 14.9 Å². The number of amides is 1. The first-order valence-electron chi connectivity index (χ1n) is 4.41. The number of nitrogens with zero attached hydrogens (tertiary/aromatic N) is 1. The molecule has 7 heteroatoms. The van der Waals surface area contributed by atoms with E-state index in [1.165, 1.54) is 0 Å². The normalized spacial score (nSPS) is 10.1. The zero-order valence-corrected chi connectivity index (χ0v) is 8.27. The van der Waals surface area contributed by atoms with E-state index >= 15 is 0 Å². The van der Waals surface area contributed by atoms with Gasteiger partial charge in [-0.25, -0.2) is 4.39 Å². The number of hydrogen-bond acceptors (Lipinski definition) is 4. The fourth-order valence-corrected chi connectivity index (χ4v) is 1.25. The molecule has 0 aromatic heterocycles. The van der Waals surface area contributed by atoms with Crippen molar-refractivity contribution < 1.29 is 14.1 Å². The van der Waals surface area contributed by atoms with Crippen LogP contribution in [-0.2, 0) is 6.42 Å². The zero-order valence-electron chi connectivity index (χ0n) is 8.27. The molecule has 1 aromatic carbocycles. The van der Waals surface area contributed by atoms with E-state index in [0.29, 0.717) is 5.56 Å².